The van der Waals surface area contributed by atoms with E-state index in [2.05, 4.69) is 43.6 Å². The lowest BCUT2D eigenvalue weighted by atomic mass is 9.93. The van der Waals surface area contributed by atoms with Crippen LogP contribution in [-0.4, -0.2) is 12.3 Å². The van der Waals surface area contributed by atoms with Crippen LogP contribution in [0.3, 0.4) is 0 Å². The smallest absolute Gasteiger partial charge is 0.0389 e. The molecule has 1 N–H and O–H groups in total. The van der Waals surface area contributed by atoms with Gasteiger partial charge in [0, 0.05) is 22.5 Å². The Bertz CT molecular complexity index is 335. The second-order valence-electron chi connectivity index (χ2n) is 3.87. The predicted octanol–water partition coefficient (Wildman–Crippen LogP) is 3.72. The summed E-state index contributed by atoms with van der Waals surface area (Å²) in [7, 11) is 0. The van der Waals surface area contributed by atoms with E-state index in [1.807, 2.05) is 11.8 Å². The minimum absolute atomic E-state index is 0.586. The minimum atomic E-state index is 0.586. The number of nitrogens with one attached hydrogen (secondary N) is 1. The van der Waals surface area contributed by atoms with Crippen LogP contribution in [0.2, 0.25) is 0 Å². The van der Waals surface area contributed by atoms with E-state index in [1.54, 1.807) is 0 Å². The summed E-state index contributed by atoms with van der Waals surface area (Å²) in [6, 6.07) is 7.15. The average Bonchev–Trinajstić information content (AvgIpc) is 2.52. The SMILES string of the molecule is CCC1c2c(cccc2SC)NC1C. The minimum Gasteiger partial charge on any atom is -0.382 e. The Kier molecular flexibility index (Phi) is 2.73. The van der Waals surface area contributed by atoms with Crippen molar-refractivity contribution in [1.29, 1.82) is 0 Å². The zero-order chi connectivity index (χ0) is 10.1. The molecule has 1 aliphatic rings. The third-order valence-corrected chi connectivity index (χ3v) is 3.88. The monoisotopic (exact) mass is 207 g/mol. The first-order valence-corrected chi connectivity index (χ1v) is 6.43. The van der Waals surface area contributed by atoms with Crippen LogP contribution < -0.4 is 5.32 Å². The Morgan fingerprint density at radius 2 is 2.21 bits per heavy atom. The first kappa shape index (κ1) is 9.91. The quantitative estimate of drug-likeness (QED) is 0.742. The number of benzene rings is 1. The molecule has 76 valence electrons. The van der Waals surface area contributed by atoms with Gasteiger partial charge in [-0.25, -0.2) is 0 Å². The van der Waals surface area contributed by atoms with E-state index in [-0.39, 0.29) is 0 Å². The average molecular weight is 207 g/mol. The summed E-state index contributed by atoms with van der Waals surface area (Å²) >= 11 is 1.86. The number of hydrogen-bond acceptors (Lipinski definition) is 2. The van der Waals surface area contributed by atoms with Gasteiger partial charge in [0.2, 0.25) is 0 Å². The van der Waals surface area contributed by atoms with Gasteiger partial charge in [0.15, 0.2) is 0 Å². The number of thioether (sulfide) groups is 1. The van der Waals surface area contributed by atoms with E-state index in [4.69, 9.17) is 0 Å². The molecular weight excluding hydrogens is 190 g/mol. The maximum atomic E-state index is 3.56. The molecule has 14 heavy (non-hydrogen) atoms. The van der Waals surface area contributed by atoms with Gasteiger partial charge in [-0.3, -0.25) is 0 Å². The molecule has 1 aromatic rings. The van der Waals surface area contributed by atoms with Gasteiger partial charge in [-0.05, 0) is 37.3 Å². The molecule has 2 heteroatoms. The number of hydrogen-bond donors (Lipinski definition) is 1. The summed E-state index contributed by atoms with van der Waals surface area (Å²) in [5.41, 5.74) is 2.88. The summed E-state index contributed by atoms with van der Waals surface area (Å²) in [6.07, 6.45) is 3.38. The van der Waals surface area contributed by atoms with Crippen LogP contribution in [0.15, 0.2) is 23.1 Å². The molecular formula is C12H17NS. The second-order valence-corrected chi connectivity index (χ2v) is 4.72. The fraction of sp³-hybridized carbons (Fsp3) is 0.500. The van der Waals surface area contributed by atoms with E-state index < -0.39 is 0 Å². The Balaban J connectivity index is 2.48. The molecule has 2 rings (SSSR count). The van der Waals surface area contributed by atoms with Gasteiger partial charge < -0.3 is 5.32 Å². The highest BCUT2D eigenvalue weighted by Crippen LogP contribution is 2.42. The lowest BCUT2D eigenvalue weighted by molar-refractivity contribution is 0.606. The van der Waals surface area contributed by atoms with Gasteiger partial charge in [0.05, 0.1) is 0 Å². The van der Waals surface area contributed by atoms with E-state index in [9.17, 15) is 0 Å². The van der Waals surface area contributed by atoms with Gasteiger partial charge in [-0.2, -0.15) is 0 Å². The topological polar surface area (TPSA) is 12.0 Å². The highest BCUT2D eigenvalue weighted by Gasteiger charge is 2.29. The largest absolute Gasteiger partial charge is 0.382 e. The lowest BCUT2D eigenvalue weighted by Crippen LogP contribution is -2.15. The first-order valence-electron chi connectivity index (χ1n) is 5.21. The van der Waals surface area contributed by atoms with Crippen molar-refractivity contribution in [3.63, 3.8) is 0 Å². The van der Waals surface area contributed by atoms with Crippen LogP contribution in [0, 0.1) is 0 Å². The van der Waals surface area contributed by atoms with Crippen molar-refractivity contribution in [2.24, 2.45) is 0 Å². The van der Waals surface area contributed by atoms with Gasteiger partial charge in [-0.15, -0.1) is 11.8 Å². The first-order chi connectivity index (χ1) is 6.77. The molecule has 1 heterocycles. The van der Waals surface area contributed by atoms with Crippen molar-refractivity contribution in [3.8, 4) is 0 Å². The van der Waals surface area contributed by atoms with Crippen molar-refractivity contribution in [2.75, 3.05) is 11.6 Å². The van der Waals surface area contributed by atoms with E-state index in [0.717, 1.165) is 0 Å². The second kappa shape index (κ2) is 3.85. The van der Waals surface area contributed by atoms with E-state index in [1.165, 1.54) is 22.6 Å². The molecule has 1 nitrogen and oxygen atoms in total. The third-order valence-electron chi connectivity index (χ3n) is 3.08. The molecule has 0 amide bonds. The van der Waals surface area contributed by atoms with Gasteiger partial charge >= 0.3 is 0 Å². The molecule has 2 atom stereocenters. The van der Waals surface area contributed by atoms with Gasteiger partial charge in [0.25, 0.3) is 0 Å². The summed E-state index contributed by atoms with van der Waals surface area (Å²) in [5, 5.41) is 3.56. The molecule has 0 saturated heterocycles. The van der Waals surface area contributed by atoms with Crippen molar-refractivity contribution in [1.82, 2.24) is 0 Å². The van der Waals surface area contributed by atoms with E-state index >= 15 is 0 Å². The molecule has 0 fully saturated rings. The molecule has 0 radical (unpaired) electrons. The molecule has 0 aliphatic carbocycles. The van der Waals surface area contributed by atoms with Crippen molar-refractivity contribution in [3.05, 3.63) is 23.8 Å². The Hall–Kier alpha value is -0.630. The summed E-state index contributed by atoms with van der Waals surface area (Å²) in [4.78, 5) is 1.44. The zero-order valence-corrected chi connectivity index (χ0v) is 9.82. The van der Waals surface area contributed by atoms with Crippen LogP contribution in [0.4, 0.5) is 5.69 Å². The molecule has 0 saturated carbocycles. The number of anilines is 1. The Morgan fingerprint density at radius 3 is 2.86 bits per heavy atom. The molecule has 0 aromatic heterocycles. The summed E-state index contributed by atoms with van der Waals surface area (Å²) < 4.78 is 0. The fourth-order valence-electron chi connectivity index (χ4n) is 2.38. The Morgan fingerprint density at radius 1 is 1.43 bits per heavy atom. The highest BCUT2D eigenvalue weighted by atomic mass is 32.2. The molecule has 2 unspecified atom stereocenters. The molecule has 0 spiro atoms. The van der Waals surface area contributed by atoms with Crippen LogP contribution >= 0.6 is 11.8 Å². The molecule has 1 aliphatic heterocycles. The maximum Gasteiger partial charge on any atom is 0.0389 e. The highest BCUT2D eigenvalue weighted by molar-refractivity contribution is 7.98. The van der Waals surface area contributed by atoms with Gasteiger partial charge in [-0.1, -0.05) is 13.0 Å². The van der Waals surface area contributed by atoms with Crippen LogP contribution in [0.25, 0.3) is 0 Å². The van der Waals surface area contributed by atoms with Gasteiger partial charge in [0.1, 0.15) is 0 Å². The zero-order valence-electron chi connectivity index (χ0n) is 9.00. The lowest BCUT2D eigenvalue weighted by Gasteiger charge is -2.15. The summed E-state index contributed by atoms with van der Waals surface area (Å²) in [5.74, 6) is 0.689. The van der Waals surface area contributed by atoms with Crippen LogP contribution in [0.1, 0.15) is 31.7 Å². The number of fused-ring (bicyclic) bond motifs is 1. The standard InChI is InChI=1S/C12H17NS/c1-4-9-8(2)13-10-6-5-7-11(14-3)12(9)10/h5-9,13H,4H2,1-3H3. The van der Waals surface area contributed by atoms with Crippen molar-refractivity contribution < 1.29 is 0 Å². The van der Waals surface area contributed by atoms with Crippen molar-refractivity contribution >= 4 is 17.4 Å². The summed E-state index contributed by atoms with van der Waals surface area (Å²) in [6.45, 7) is 4.55. The third kappa shape index (κ3) is 1.42. The van der Waals surface area contributed by atoms with E-state index in [0.29, 0.717) is 12.0 Å². The molecule has 0 bridgehead atoms. The Labute approximate surface area is 90.3 Å². The van der Waals surface area contributed by atoms with Crippen molar-refractivity contribution in [2.45, 2.75) is 37.1 Å². The normalized spacial score (nSPS) is 24.5. The van der Waals surface area contributed by atoms with Crippen LogP contribution in [-0.2, 0) is 0 Å². The fourth-order valence-corrected chi connectivity index (χ4v) is 3.08. The van der Waals surface area contributed by atoms with Crippen LogP contribution in [0.5, 0.6) is 0 Å². The predicted molar refractivity (Wildman–Crippen MR) is 64.3 cm³/mol. The molecule has 1 aromatic carbocycles. The maximum absolute atomic E-state index is 3.56. The number of rotatable bonds is 2.